The monoisotopic (exact) mass is 306 g/mol. The number of methoxy groups -OCH3 is 1. The molecular formula is C13H23ClN2O2S. The number of hydrogen-bond donors (Lipinski definition) is 1. The number of ether oxygens (including phenoxy) is 1. The molecule has 1 N–H and O–H groups in total. The Morgan fingerprint density at radius 1 is 1.53 bits per heavy atom. The van der Waals surface area contributed by atoms with E-state index in [0.717, 1.165) is 0 Å². The molecule has 0 aliphatic carbocycles. The highest BCUT2D eigenvalue weighted by molar-refractivity contribution is 7.09. The molecule has 110 valence electrons. The highest BCUT2D eigenvalue weighted by Crippen LogP contribution is 2.13. The van der Waals surface area contributed by atoms with Crippen LogP contribution in [0.25, 0.3) is 0 Å². The van der Waals surface area contributed by atoms with Crippen molar-refractivity contribution >= 4 is 29.7 Å². The lowest BCUT2D eigenvalue weighted by molar-refractivity contribution is -0.132. The first kappa shape index (κ1) is 18.4. The van der Waals surface area contributed by atoms with Crippen molar-refractivity contribution in [2.75, 3.05) is 26.8 Å². The Balaban J connectivity index is 0.00000324. The number of nitrogens with one attached hydrogen (secondary N) is 1. The molecule has 4 nitrogen and oxygen atoms in total. The van der Waals surface area contributed by atoms with Gasteiger partial charge >= 0.3 is 0 Å². The van der Waals surface area contributed by atoms with Gasteiger partial charge in [0, 0.05) is 24.6 Å². The van der Waals surface area contributed by atoms with Gasteiger partial charge in [-0.1, -0.05) is 6.07 Å². The number of thiophene rings is 1. The van der Waals surface area contributed by atoms with Gasteiger partial charge in [-0.05, 0) is 25.3 Å². The first-order chi connectivity index (χ1) is 8.65. The van der Waals surface area contributed by atoms with Crippen LogP contribution in [0.4, 0.5) is 0 Å². The van der Waals surface area contributed by atoms with Gasteiger partial charge in [-0.3, -0.25) is 4.79 Å². The minimum Gasteiger partial charge on any atom is -0.383 e. The molecule has 0 aromatic carbocycles. The number of amides is 1. The van der Waals surface area contributed by atoms with Gasteiger partial charge in [-0.15, -0.1) is 23.7 Å². The molecule has 0 atom stereocenters. The fourth-order valence-corrected chi connectivity index (χ4v) is 2.30. The second-order valence-electron chi connectivity index (χ2n) is 4.36. The molecule has 1 aromatic rings. The normalized spacial score (nSPS) is 10.3. The van der Waals surface area contributed by atoms with Crippen LogP contribution in [0.2, 0.25) is 0 Å². The van der Waals surface area contributed by atoms with E-state index < -0.39 is 0 Å². The summed E-state index contributed by atoms with van der Waals surface area (Å²) in [5.41, 5.74) is 0. The van der Waals surface area contributed by atoms with E-state index in [4.69, 9.17) is 4.74 Å². The predicted octanol–water partition coefficient (Wildman–Crippen LogP) is 2.14. The number of rotatable bonds is 8. The summed E-state index contributed by atoms with van der Waals surface area (Å²) in [4.78, 5) is 15.2. The van der Waals surface area contributed by atoms with Gasteiger partial charge in [0.05, 0.1) is 19.7 Å². The average molecular weight is 307 g/mol. The highest BCUT2D eigenvalue weighted by Gasteiger charge is 2.17. The molecule has 19 heavy (non-hydrogen) atoms. The SMILES string of the molecule is COCCNCC(=O)N(Cc1cccs1)C(C)C.Cl. The summed E-state index contributed by atoms with van der Waals surface area (Å²) in [6.45, 7) is 6.47. The molecule has 6 heteroatoms. The molecule has 0 radical (unpaired) electrons. The Labute approximate surface area is 125 Å². The van der Waals surface area contributed by atoms with E-state index in [1.165, 1.54) is 4.88 Å². The van der Waals surface area contributed by atoms with Crippen molar-refractivity contribution in [3.63, 3.8) is 0 Å². The van der Waals surface area contributed by atoms with E-state index in [2.05, 4.69) is 11.4 Å². The van der Waals surface area contributed by atoms with Gasteiger partial charge in [0.2, 0.25) is 5.91 Å². The molecule has 0 aliphatic heterocycles. The van der Waals surface area contributed by atoms with Gasteiger partial charge in [0.15, 0.2) is 0 Å². The second kappa shape index (κ2) is 10.2. The molecule has 1 heterocycles. The van der Waals surface area contributed by atoms with E-state index in [0.29, 0.717) is 26.2 Å². The number of carbonyl (C=O) groups excluding carboxylic acids is 1. The van der Waals surface area contributed by atoms with E-state index in [1.807, 2.05) is 30.2 Å². The predicted molar refractivity (Wildman–Crippen MR) is 82.0 cm³/mol. The van der Waals surface area contributed by atoms with E-state index >= 15 is 0 Å². The van der Waals surface area contributed by atoms with Crippen LogP contribution in [0, 0.1) is 0 Å². The summed E-state index contributed by atoms with van der Waals surface area (Å²) in [6, 6.07) is 4.29. The molecule has 0 fully saturated rings. The maximum Gasteiger partial charge on any atom is 0.237 e. The van der Waals surface area contributed by atoms with Crippen molar-refractivity contribution in [2.45, 2.75) is 26.4 Å². The van der Waals surface area contributed by atoms with Crippen LogP contribution in [-0.2, 0) is 16.1 Å². The number of nitrogens with zero attached hydrogens (tertiary/aromatic N) is 1. The second-order valence-corrected chi connectivity index (χ2v) is 5.40. The van der Waals surface area contributed by atoms with Crippen LogP contribution < -0.4 is 5.32 Å². The molecule has 1 rings (SSSR count). The minimum absolute atomic E-state index is 0. The number of halogens is 1. The Hall–Kier alpha value is -0.620. The molecule has 0 saturated heterocycles. The van der Waals surface area contributed by atoms with E-state index in [9.17, 15) is 4.79 Å². The van der Waals surface area contributed by atoms with Crippen LogP contribution in [0.3, 0.4) is 0 Å². The Bertz CT molecular complexity index is 344. The summed E-state index contributed by atoms with van der Waals surface area (Å²) in [5, 5.41) is 5.13. The van der Waals surface area contributed by atoms with Gasteiger partial charge in [0.25, 0.3) is 0 Å². The van der Waals surface area contributed by atoms with E-state index in [-0.39, 0.29) is 24.4 Å². The lowest BCUT2D eigenvalue weighted by Gasteiger charge is -2.26. The van der Waals surface area contributed by atoms with Crippen molar-refractivity contribution in [1.29, 1.82) is 0 Å². The zero-order valence-corrected chi connectivity index (χ0v) is 13.4. The van der Waals surface area contributed by atoms with Crippen molar-refractivity contribution in [1.82, 2.24) is 10.2 Å². The van der Waals surface area contributed by atoms with E-state index in [1.54, 1.807) is 18.4 Å². The Morgan fingerprint density at radius 2 is 2.26 bits per heavy atom. The van der Waals surface area contributed by atoms with Gasteiger partial charge in [0.1, 0.15) is 0 Å². The number of carbonyl (C=O) groups is 1. The standard InChI is InChI=1S/C13H22N2O2S.ClH/c1-11(2)15(10-12-5-4-8-18-12)13(16)9-14-6-7-17-3;/h4-5,8,11,14H,6-7,9-10H2,1-3H3;1H. The molecule has 0 bridgehead atoms. The Kier molecular flexibility index (Phi) is 9.87. The van der Waals surface area contributed by atoms with Gasteiger partial charge in [-0.25, -0.2) is 0 Å². The molecule has 1 aromatic heterocycles. The maximum absolute atomic E-state index is 12.1. The summed E-state index contributed by atoms with van der Waals surface area (Å²) in [7, 11) is 1.65. The number of hydrogen-bond acceptors (Lipinski definition) is 4. The molecule has 0 aliphatic rings. The summed E-state index contributed by atoms with van der Waals surface area (Å²) in [5.74, 6) is 0.134. The van der Waals surface area contributed by atoms with Crippen molar-refractivity contribution in [3.8, 4) is 0 Å². The molecule has 1 amide bonds. The third kappa shape index (κ3) is 6.92. The van der Waals surface area contributed by atoms with Gasteiger partial charge < -0.3 is 15.0 Å². The molecule has 0 unspecified atom stereocenters. The third-order valence-electron chi connectivity index (χ3n) is 2.61. The van der Waals surface area contributed by atoms with Gasteiger partial charge in [-0.2, -0.15) is 0 Å². The van der Waals surface area contributed by atoms with Crippen LogP contribution in [0.15, 0.2) is 17.5 Å². The van der Waals surface area contributed by atoms with Crippen molar-refractivity contribution in [2.24, 2.45) is 0 Å². The lowest BCUT2D eigenvalue weighted by Crippen LogP contribution is -2.42. The first-order valence-electron chi connectivity index (χ1n) is 6.16. The zero-order valence-electron chi connectivity index (χ0n) is 11.7. The summed E-state index contributed by atoms with van der Waals surface area (Å²) < 4.78 is 4.93. The minimum atomic E-state index is 0. The maximum atomic E-state index is 12.1. The van der Waals surface area contributed by atoms with Crippen LogP contribution in [0.5, 0.6) is 0 Å². The third-order valence-corrected chi connectivity index (χ3v) is 3.47. The fourth-order valence-electron chi connectivity index (χ4n) is 1.60. The fraction of sp³-hybridized carbons (Fsp3) is 0.615. The zero-order chi connectivity index (χ0) is 13.4. The topological polar surface area (TPSA) is 41.6 Å². The molecule has 0 spiro atoms. The van der Waals surface area contributed by atoms with Crippen LogP contribution in [0.1, 0.15) is 18.7 Å². The van der Waals surface area contributed by atoms with Crippen molar-refractivity contribution in [3.05, 3.63) is 22.4 Å². The molecule has 0 saturated carbocycles. The lowest BCUT2D eigenvalue weighted by atomic mass is 10.3. The molecular weight excluding hydrogens is 284 g/mol. The van der Waals surface area contributed by atoms with Crippen LogP contribution in [-0.4, -0.2) is 43.7 Å². The first-order valence-corrected chi connectivity index (χ1v) is 7.04. The largest absolute Gasteiger partial charge is 0.383 e. The van der Waals surface area contributed by atoms with Crippen LogP contribution >= 0.6 is 23.7 Å². The summed E-state index contributed by atoms with van der Waals surface area (Å²) in [6.07, 6.45) is 0. The van der Waals surface area contributed by atoms with Crippen molar-refractivity contribution < 1.29 is 9.53 Å². The smallest absolute Gasteiger partial charge is 0.237 e. The highest BCUT2D eigenvalue weighted by atomic mass is 35.5. The summed E-state index contributed by atoms with van der Waals surface area (Å²) >= 11 is 1.68. The average Bonchev–Trinajstić information content (AvgIpc) is 2.84. The quantitative estimate of drug-likeness (QED) is 0.748. The Morgan fingerprint density at radius 3 is 2.79 bits per heavy atom.